The molecule has 1 heterocycles. The molecule has 0 atom stereocenters. The molecule has 0 aliphatic heterocycles. The molecule has 0 fully saturated rings. The number of nitrogens with one attached hydrogen (secondary N) is 2. The zero-order valence-corrected chi connectivity index (χ0v) is 16.9. The summed E-state index contributed by atoms with van der Waals surface area (Å²) < 4.78 is 64.0. The molecule has 3 aromatic rings. The van der Waals surface area contributed by atoms with Crippen LogP contribution in [0, 0.1) is 0 Å². The van der Waals surface area contributed by atoms with Gasteiger partial charge in [0.05, 0.1) is 22.7 Å². The first kappa shape index (κ1) is 23.4. The third kappa shape index (κ3) is 4.66. The third-order valence-electron chi connectivity index (χ3n) is 4.07. The van der Waals surface area contributed by atoms with Gasteiger partial charge in [-0.1, -0.05) is 18.2 Å². The monoisotopic (exact) mass is 464 g/mol. The van der Waals surface area contributed by atoms with Crippen molar-refractivity contribution >= 4 is 33.3 Å². The number of rotatable bonds is 4. The lowest BCUT2D eigenvalue weighted by Crippen LogP contribution is -2.43. The molecule has 0 aliphatic rings. The lowest BCUT2D eigenvalue weighted by Gasteiger charge is -2.16. The predicted molar refractivity (Wildman–Crippen MR) is 109 cm³/mol. The SMILES string of the molecule is CS(=O)(=O)Nn1c(=O)[nH]c2cc(C(F)(F)F)c(-c3cccc(CN)c3)cc2c1=O.Cl. The second-order valence-corrected chi connectivity index (χ2v) is 8.01. The number of fused-ring (bicyclic) bond motifs is 1. The van der Waals surface area contributed by atoms with E-state index < -0.39 is 33.0 Å². The fourth-order valence-electron chi connectivity index (χ4n) is 2.85. The van der Waals surface area contributed by atoms with Crippen molar-refractivity contribution in [2.75, 3.05) is 11.1 Å². The number of halogens is 4. The highest BCUT2D eigenvalue weighted by atomic mass is 35.5. The van der Waals surface area contributed by atoms with Gasteiger partial charge in [-0.3, -0.25) is 4.79 Å². The summed E-state index contributed by atoms with van der Waals surface area (Å²) in [5.74, 6) is 0. The van der Waals surface area contributed by atoms with Crippen molar-refractivity contribution in [2.45, 2.75) is 12.7 Å². The van der Waals surface area contributed by atoms with E-state index in [1.807, 2.05) is 0 Å². The Morgan fingerprint density at radius 2 is 1.83 bits per heavy atom. The maximum absolute atomic E-state index is 13.7. The van der Waals surface area contributed by atoms with Gasteiger partial charge in [-0.2, -0.15) is 17.8 Å². The standard InChI is InChI=1S/C17H15F3N4O4S.ClH/c1-29(27,28)23-24-15(25)12-6-11(10-4-2-3-9(5-10)8-21)13(17(18,19)20)7-14(12)22-16(24)26;/h2-7,23H,8,21H2,1H3,(H,22,26);1H. The number of nitrogens with zero attached hydrogens (tertiary/aromatic N) is 1. The summed E-state index contributed by atoms with van der Waals surface area (Å²) in [5, 5.41) is -0.304. The Hall–Kier alpha value is -2.83. The van der Waals surface area contributed by atoms with E-state index in [-0.39, 0.29) is 45.7 Å². The molecule has 0 radical (unpaired) electrons. The first-order chi connectivity index (χ1) is 13.4. The van der Waals surface area contributed by atoms with Crippen LogP contribution < -0.4 is 21.8 Å². The molecule has 3 rings (SSSR count). The van der Waals surface area contributed by atoms with Gasteiger partial charge in [-0.15, -0.1) is 12.4 Å². The average molecular weight is 465 g/mol. The van der Waals surface area contributed by atoms with Crippen LogP contribution in [0.5, 0.6) is 0 Å². The summed E-state index contributed by atoms with van der Waals surface area (Å²) in [6, 6.07) is 7.65. The van der Waals surface area contributed by atoms with Crippen LogP contribution in [0.2, 0.25) is 0 Å². The van der Waals surface area contributed by atoms with Gasteiger partial charge in [-0.05, 0) is 34.9 Å². The fraction of sp³-hybridized carbons (Fsp3) is 0.176. The number of benzene rings is 2. The molecule has 0 bridgehead atoms. The topological polar surface area (TPSA) is 127 Å². The summed E-state index contributed by atoms with van der Waals surface area (Å²) in [7, 11) is -3.99. The summed E-state index contributed by atoms with van der Waals surface area (Å²) in [4.78, 5) is 28.4. The van der Waals surface area contributed by atoms with Crippen LogP contribution in [0.25, 0.3) is 22.0 Å². The van der Waals surface area contributed by atoms with Crippen LogP contribution in [-0.4, -0.2) is 24.3 Å². The highest BCUT2D eigenvalue weighted by molar-refractivity contribution is 7.91. The Morgan fingerprint density at radius 3 is 2.40 bits per heavy atom. The second kappa shape index (κ2) is 8.13. The maximum Gasteiger partial charge on any atom is 0.417 e. The normalized spacial score (nSPS) is 11.9. The molecule has 0 amide bonds. The zero-order valence-electron chi connectivity index (χ0n) is 15.3. The molecule has 0 spiro atoms. The molecule has 0 saturated carbocycles. The van der Waals surface area contributed by atoms with Crippen LogP contribution in [-0.2, 0) is 22.7 Å². The van der Waals surface area contributed by atoms with Crippen molar-refractivity contribution in [1.82, 2.24) is 9.66 Å². The van der Waals surface area contributed by atoms with Crippen molar-refractivity contribution in [1.29, 1.82) is 0 Å². The quantitative estimate of drug-likeness (QED) is 0.542. The van der Waals surface area contributed by atoms with E-state index in [0.29, 0.717) is 11.6 Å². The molecular weight excluding hydrogens is 449 g/mol. The summed E-state index contributed by atoms with van der Waals surface area (Å²) in [6.45, 7) is 0.0984. The molecule has 13 heteroatoms. The van der Waals surface area contributed by atoms with E-state index >= 15 is 0 Å². The van der Waals surface area contributed by atoms with Crippen molar-refractivity contribution in [3.63, 3.8) is 0 Å². The Kier molecular flexibility index (Phi) is 6.35. The Labute approximate surface area is 174 Å². The van der Waals surface area contributed by atoms with Crippen molar-refractivity contribution in [3.05, 3.63) is 68.4 Å². The molecular formula is C17H16ClF3N4O4S. The van der Waals surface area contributed by atoms with E-state index in [1.54, 1.807) is 10.9 Å². The lowest BCUT2D eigenvalue weighted by atomic mass is 9.96. The third-order valence-corrected chi connectivity index (χ3v) is 4.59. The number of alkyl halides is 3. The molecule has 1 aromatic heterocycles. The van der Waals surface area contributed by atoms with Crippen molar-refractivity contribution in [2.24, 2.45) is 5.73 Å². The minimum atomic E-state index is -4.78. The smallest absolute Gasteiger partial charge is 0.326 e. The zero-order chi connectivity index (χ0) is 21.6. The minimum absolute atomic E-state index is 0. The van der Waals surface area contributed by atoms with Crippen molar-refractivity contribution in [3.8, 4) is 11.1 Å². The number of sulfonamides is 1. The number of H-pyrrole nitrogens is 1. The Balaban J connectivity index is 0.00000320. The highest BCUT2D eigenvalue weighted by Gasteiger charge is 2.34. The van der Waals surface area contributed by atoms with Crippen molar-refractivity contribution < 1.29 is 21.6 Å². The summed E-state index contributed by atoms with van der Waals surface area (Å²) in [5.41, 5.74) is 2.20. The van der Waals surface area contributed by atoms with Gasteiger partial charge in [0.1, 0.15) is 0 Å². The molecule has 2 aromatic carbocycles. The molecule has 0 saturated heterocycles. The molecule has 8 nitrogen and oxygen atoms in total. The second-order valence-electron chi connectivity index (χ2n) is 6.28. The largest absolute Gasteiger partial charge is 0.417 e. The van der Waals surface area contributed by atoms with Gasteiger partial charge in [0.25, 0.3) is 5.56 Å². The number of aromatic nitrogens is 2. The van der Waals surface area contributed by atoms with Crippen LogP contribution in [0.3, 0.4) is 0 Å². The molecule has 0 aliphatic carbocycles. The van der Waals surface area contributed by atoms with Crippen LogP contribution >= 0.6 is 12.4 Å². The minimum Gasteiger partial charge on any atom is -0.326 e. The molecule has 30 heavy (non-hydrogen) atoms. The van der Waals surface area contributed by atoms with E-state index in [1.165, 1.54) is 18.2 Å². The van der Waals surface area contributed by atoms with Gasteiger partial charge >= 0.3 is 11.9 Å². The van der Waals surface area contributed by atoms with Crippen LogP contribution in [0.15, 0.2) is 46.0 Å². The van der Waals surface area contributed by atoms with Gasteiger partial charge in [0, 0.05) is 6.54 Å². The van der Waals surface area contributed by atoms with E-state index in [4.69, 9.17) is 5.73 Å². The first-order valence-electron chi connectivity index (χ1n) is 8.08. The van der Waals surface area contributed by atoms with Crippen LogP contribution in [0.1, 0.15) is 11.1 Å². The summed E-state index contributed by atoms with van der Waals surface area (Å²) >= 11 is 0. The molecule has 4 N–H and O–H groups in total. The van der Waals surface area contributed by atoms with Gasteiger partial charge in [0.15, 0.2) is 0 Å². The Morgan fingerprint density at radius 1 is 1.17 bits per heavy atom. The number of hydrogen-bond donors (Lipinski definition) is 3. The lowest BCUT2D eigenvalue weighted by molar-refractivity contribution is -0.137. The van der Waals surface area contributed by atoms with Gasteiger partial charge < -0.3 is 10.7 Å². The predicted octanol–water partition coefficient (Wildman–Crippen LogP) is 1.76. The van der Waals surface area contributed by atoms with E-state index in [9.17, 15) is 31.2 Å². The highest BCUT2D eigenvalue weighted by Crippen LogP contribution is 2.38. The van der Waals surface area contributed by atoms with E-state index in [2.05, 4.69) is 4.98 Å². The number of hydrogen-bond acceptors (Lipinski definition) is 5. The average Bonchev–Trinajstić information content (AvgIpc) is 2.63. The van der Waals surface area contributed by atoms with E-state index in [0.717, 1.165) is 12.3 Å². The van der Waals surface area contributed by atoms with Crippen LogP contribution in [0.4, 0.5) is 13.2 Å². The van der Waals surface area contributed by atoms with Gasteiger partial charge in [0.2, 0.25) is 10.0 Å². The first-order valence-corrected chi connectivity index (χ1v) is 9.97. The molecule has 0 unspecified atom stereocenters. The Bertz CT molecular complexity index is 1330. The fourth-order valence-corrected chi connectivity index (χ4v) is 3.35. The number of aromatic amines is 1. The summed E-state index contributed by atoms with van der Waals surface area (Å²) in [6.07, 6.45) is -4.06. The van der Waals surface area contributed by atoms with Gasteiger partial charge in [-0.25, -0.2) is 18.0 Å². The number of nitrogens with two attached hydrogens (primary N) is 1. The maximum atomic E-state index is 13.7. The molecule has 162 valence electrons.